The van der Waals surface area contributed by atoms with Crippen LogP contribution >= 0.6 is 0 Å². The van der Waals surface area contributed by atoms with Crippen molar-refractivity contribution in [1.82, 2.24) is 14.9 Å². The molecule has 1 aromatic carbocycles. The molecule has 1 aromatic heterocycles. The first-order valence-corrected chi connectivity index (χ1v) is 8.86. The number of carbonyl (C=O) groups is 2. The molecule has 2 heterocycles. The lowest BCUT2D eigenvalue weighted by Gasteiger charge is -2.27. The smallest absolute Gasteiger partial charge is 0.294 e. The minimum Gasteiger partial charge on any atom is -0.368 e. The van der Waals surface area contributed by atoms with Crippen LogP contribution in [0.25, 0.3) is 11.0 Å². The molecule has 26 heavy (non-hydrogen) atoms. The molecule has 2 amide bonds. The Kier molecular flexibility index (Phi) is 5.50. The van der Waals surface area contributed by atoms with Crippen LogP contribution in [0, 0.1) is 0 Å². The van der Waals surface area contributed by atoms with E-state index in [1.54, 1.807) is 4.57 Å². The van der Waals surface area contributed by atoms with Crippen molar-refractivity contribution in [3.8, 4) is 0 Å². The molecule has 1 fully saturated rings. The summed E-state index contributed by atoms with van der Waals surface area (Å²) < 4.78 is 1.59. The second-order valence-electron chi connectivity index (χ2n) is 6.42. The fourth-order valence-electron chi connectivity index (χ4n) is 3.20. The Morgan fingerprint density at radius 1 is 1.15 bits per heavy atom. The Morgan fingerprint density at radius 3 is 2.62 bits per heavy atom. The highest BCUT2D eigenvalue weighted by Gasteiger charge is 2.19. The maximum Gasteiger partial charge on any atom is 0.294 e. The fraction of sp³-hybridized carbons (Fsp3) is 0.444. The number of nitrogens with zero attached hydrogens (tertiary/aromatic N) is 3. The van der Waals surface area contributed by atoms with E-state index in [0.29, 0.717) is 11.3 Å². The van der Waals surface area contributed by atoms with Crippen LogP contribution in [0.4, 0.5) is 5.82 Å². The number of fused-ring (bicyclic) bond motifs is 1. The van der Waals surface area contributed by atoms with E-state index in [-0.39, 0.29) is 31.0 Å². The van der Waals surface area contributed by atoms with Gasteiger partial charge in [0.15, 0.2) is 5.82 Å². The van der Waals surface area contributed by atoms with Crippen LogP contribution in [0.3, 0.4) is 0 Å². The summed E-state index contributed by atoms with van der Waals surface area (Å²) >= 11 is 0. The lowest BCUT2D eigenvalue weighted by atomic mass is 10.1. The Hall–Kier alpha value is -2.90. The van der Waals surface area contributed by atoms with Gasteiger partial charge in [0.05, 0.1) is 17.6 Å². The second kappa shape index (κ2) is 7.99. The highest BCUT2D eigenvalue weighted by molar-refractivity contribution is 5.83. The summed E-state index contributed by atoms with van der Waals surface area (Å²) in [5.41, 5.74) is 6.26. The first kappa shape index (κ1) is 17.9. The number of nitrogens with one attached hydrogen (secondary N) is 1. The van der Waals surface area contributed by atoms with Gasteiger partial charge < -0.3 is 20.5 Å². The van der Waals surface area contributed by atoms with Crippen molar-refractivity contribution in [3.63, 3.8) is 0 Å². The number of aryl methyl sites for hydroxylation is 1. The number of nitrogens with two attached hydrogens (primary N) is 1. The summed E-state index contributed by atoms with van der Waals surface area (Å²) in [5.74, 6) is -0.477. The third kappa shape index (κ3) is 4.01. The van der Waals surface area contributed by atoms with Crippen molar-refractivity contribution in [2.24, 2.45) is 5.73 Å². The van der Waals surface area contributed by atoms with Crippen LogP contribution in [0.2, 0.25) is 0 Å². The number of para-hydroxylation sites is 2. The number of benzene rings is 1. The summed E-state index contributed by atoms with van der Waals surface area (Å²) in [6.07, 6.45) is 3.34. The zero-order valence-corrected chi connectivity index (χ0v) is 14.6. The molecule has 0 aliphatic carbocycles. The molecule has 8 heteroatoms. The molecule has 0 radical (unpaired) electrons. The molecule has 0 bridgehead atoms. The highest BCUT2D eigenvalue weighted by Crippen LogP contribution is 2.18. The summed E-state index contributed by atoms with van der Waals surface area (Å²) in [6.45, 7) is 1.65. The van der Waals surface area contributed by atoms with E-state index in [9.17, 15) is 14.4 Å². The molecular weight excluding hydrogens is 334 g/mol. The SMILES string of the molecule is NC(=O)CNC(=O)CCn1c(=O)c(N2CCCCC2)nc2ccccc21. The first-order valence-electron chi connectivity index (χ1n) is 8.86. The van der Waals surface area contributed by atoms with Gasteiger partial charge in [0, 0.05) is 26.1 Å². The summed E-state index contributed by atoms with van der Waals surface area (Å²) in [6, 6.07) is 7.41. The number of carbonyl (C=O) groups excluding carboxylic acids is 2. The second-order valence-corrected chi connectivity index (χ2v) is 6.42. The normalized spacial score (nSPS) is 14.4. The van der Waals surface area contributed by atoms with Gasteiger partial charge in [-0.25, -0.2) is 4.98 Å². The molecular formula is C18H23N5O3. The van der Waals surface area contributed by atoms with E-state index in [1.807, 2.05) is 29.2 Å². The molecule has 1 aliphatic rings. The van der Waals surface area contributed by atoms with Gasteiger partial charge in [-0.05, 0) is 31.4 Å². The molecule has 2 aromatic rings. The average Bonchev–Trinajstić information content (AvgIpc) is 2.66. The van der Waals surface area contributed by atoms with Crippen LogP contribution in [0.15, 0.2) is 29.1 Å². The molecule has 0 spiro atoms. The molecule has 1 aliphatic heterocycles. The fourth-order valence-corrected chi connectivity index (χ4v) is 3.20. The third-order valence-electron chi connectivity index (χ3n) is 4.51. The number of aromatic nitrogens is 2. The number of amides is 2. The van der Waals surface area contributed by atoms with Gasteiger partial charge in [-0.1, -0.05) is 12.1 Å². The van der Waals surface area contributed by atoms with E-state index < -0.39 is 5.91 Å². The minimum absolute atomic E-state index is 0.0840. The lowest BCUT2D eigenvalue weighted by molar-refractivity contribution is -0.124. The Morgan fingerprint density at radius 2 is 1.88 bits per heavy atom. The average molecular weight is 357 g/mol. The summed E-state index contributed by atoms with van der Waals surface area (Å²) in [7, 11) is 0. The maximum atomic E-state index is 13.0. The zero-order valence-electron chi connectivity index (χ0n) is 14.6. The predicted octanol–water partition coefficient (Wildman–Crippen LogP) is 0.378. The zero-order chi connectivity index (χ0) is 18.5. The Labute approximate surface area is 151 Å². The van der Waals surface area contributed by atoms with Crippen molar-refractivity contribution >= 4 is 28.7 Å². The van der Waals surface area contributed by atoms with E-state index in [0.717, 1.165) is 37.9 Å². The third-order valence-corrected chi connectivity index (χ3v) is 4.51. The first-order chi connectivity index (χ1) is 12.6. The molecule has 0 atom stereocenters. The van der Waals surface area contributed by atoms with Crippen molar-refractivity contribution < 1.29 is 9.59 Å². The van der Waals surface area contributed by atoms with E-state index >= 15 is 0 Å². The van der Waals surface area contributed by atoms with E-state index in [2.05, 4.69) is 10.3 Å². The van der Waals surface area contributed by atoms with Crippen LogP contribution in [-0.2, 0) is 16.1 Å². The van der Waals surface area contributed by atoms with Gasteiger partial charge in [-0.2, -0.15) is 0 Å². The number of hydrogen-bond acceptors (Lipinski definition) is 5. The quantitative estimate of drug-likeness (QED) is 0.776. The van der Waals surface area contributed by atoms with Gasteiger partial charge in [0.1, 0.15) is 0 Å². The van der Waals surface area contributed by atoms with Gasteiger partial charge in [0.25, 0.3) is 5.56 Å². The highest BCUT2D eigenvalue weighted by atomic mass is 16.2. The standard InChI is InChI=1S/C18H23N5O3/c19-15(24)12-20-16(25)8-11-23-14-7-3-2-6-13(14)21-17(18(23)26)22-9-4-1-5-10-22/h2-3,6-7H,1,4-5,8-12H2,(H2,19,24)(H,20,25). The largest absolute Gasteiger partial charge is 0.368 e. The van der Waals surface area contributed by atoms with Crippen LogP contribution in [0.1, 0.15) is 25.7 Å². The monoisotopic (exact) mass is 357 g/mol. The Balaban J connectivity index is 1.89. The van der Waals surface area contributed by atoms with Crippen molar-refractivity contribution in [3.05, 3.63) is 34.6 Å². The topological polar surface area (TPSA) is 110 Å². The van der Waals surface area contributed by atoms with Gasteiger partial charge in [-0.15, -0.1) is 0 Å². The van der Waals surface area contributed by atoms with Crippen LogP contribution < -0.4 is 21.5 Å². The molecule has 3 N–H and O–H groups in total. The van der Waals surface area contributed by atoms with E-state index in [1.165, 1.54) is 0 Å². The number of hydrogen-bond donors (Lipinski definition) is 2. The molecule has 138 valence electrons. The van der Waals surface area contributed by atoms with Crippen molar-refractivity contribution in [1.29, 1.82) is 0 Å². The molecule has 0 unspecified atom stereocenters. The predicted molar refractivity (Wildman–Crippen MR) is 98.9 cm³/mol. The number of primary amides is 1. The van der Waals surface area contributed by atoms with Crippen molar-refractivity contribution in [2.75, 3.05) is 24.5 Å². The van der Waals surface area contributed by atoms with Crippen molar-refractivity contribution in [2.45, 2.75) is 32.2 Å². The van der Waals surface area contributed by atoms with Gasteiger partial charge in [-0.3, -0.25) is 14.4 Å². The van der Waals surface area contributed by atoms with Crippen LogP contribution in [-0.4, -0.2) is 41.0 Å². The molecule has 0 saturated carbocycles. The minimum atomic E-state index is -0.600. The molecule has 8 nitrogen and oxygen atoms in total. The summed E-state index contributed by atoms with van der Waals surface area (Å²) in [4.78, 5) is 42.3. The maximum absolute atomic E-state index is 13.0. The van der Waals surface area contributed by atoms with Gasteiger partial charge >= 0.3 is 0 Å². The number of anilines is 1. The summed E-state index contributed by atoms with van der Waals surface area (Å²) in [5, 5.41) is 2.44. The number of piperidine rings is 1. The Bertz CT molecular complexity index is 871. The number of rotatable bonds is 6. The van der Waals surface area contributed by atoms with Crippen LogP contribution in [0.5, 0.6) is 0 Å². The van der Waals surface area contributed by atoms with Gasteiger partial charge in [0.2, 0.25) is 11.8 Å². The molecule has 3 rings (SSSR count). The molecule has 1 saturated heterocycles. The van der Waals surface area contributed by atoms with E-state index in [4.69, 9.17) is 5.73 Å². The lowest BCUT2D eigenvalue weighted by Crippen LogP contribution is -2.38.